The van der Waals surface area contributed by atoms with Gasteiger partial charge in [-0.15, -0.1) is 11.3 Å². The maximum absolute atomic E-state index is 10.1. The van der Waals surface area contributed by atoms with Gasteiger partial charge in [0, 0.05) is 22.0 Å². The van der Waals surface area contributed by atoms with Crippen LogP contribution in [0.15, 0.2) is 46.8 Å². The lowest BCUT2D eigenvalue weighted by Gasteiger charge is -2.11. The van der Waals surface area contributed by atoms with Gasteiger partial charge >= 0.3 is 0 Å². The lowest BCUT2D eigenvalue weighted by Crippen LogP contribution is -2.33. The number of halogens is 1. The molecule has 0 spiro atoms. The van der Waals surface area contributed by atoms with Crippen molar-refractivity contribution in [2.45, 2.75) is 12.5 Å². The quantitative estimate of drug-likeness (QED) is 0.565. The number of thiophene rings is 1. The maximum atomic E-state index is 10.1. The van der Waals surface area contributed by atoms with Gasteiger partial charge in [-0.1, -0.05) is 35.9 Å². The SMILES string of the molecule is NC(=NCC(O)c1ccccc1Cl)NCCc1cccs1. The van der Waals surface area contributed by atoms with Crippen molar-refractivity contribution in [3.05, 3.63) is 57.2 Å². The normalized spacial score (nSPS) is 13.1. The Morgan fingerprint density at radius 1 is 1.33 bits per heavy atom. The van der Waals surface area contributed by atoms with E-state index in [9.17, 15) is 5.11 Å². The molecule has 0 saturated heterocycles. The number of guanidine groups is 1. The molecule has 1 atom stereocenters. The van der Waals surface area contributed by atoms with Crippen molar-refractivity contribution in [3.63, 3.8) is 0 Å². The molecule has 1 unspecified atom stereocenters. The van der Waals surface area contributed by atoms with E-state index in [0.29, 0.717) is 16.5 Å². The highest BCUT2D eigenvalue weighted by atomic mass is 35.5. The predicted octanol–water partition coefficient (Wildman–Crippen LogP) is 2.58. The van der Waals surface area contributed by atoms with Gasteiger partial charge in [-0.25, -0.2) is 0 Å². The van der Waals surface area contributed by atoms with Gasteiger partial charge in [-0.05, 0) is 23.9 Å². The largest absolute Gasteiger partial charge is 0.386 e. The molecule has 0 amide bonds. The fourth-order valence-corrected chi connectivity index (χ4v) is 2.82. The molecule has 112 valence electrons. The molecule has 1 heterocycles. The van der Waals surface area contributed by atoms with Crippen LogP contribution >= 0.6 is 22.9 Å². The molecule has 0 aliphatic rings. The van der Waals surface area contributed by atoms with Crippen LogP contribution in [0.2, 0.25) is 5.02 Å². The first-order valence-corrected chi connectivity index (χ1v) is 7.91. The number of nitrogens with one attached hydrogen (secondary N) is 1. The number of benzene rings is 1. The minimum Gasteiger partial charge on any atom is -0.386 e. The molecule has 6 heteroatoms. The average molecular weight is 324 g/mol. The number of hydrogen-bond acceptors (Lipinski definition) is 3. The molecule has 0 saturated carbocycles. The molecule has 4 N–H and O–H groups in total. The monoisotopic (exact) mass is 323 g/mol. The Morgan fingerprint density at radius 2 is 2.14 bits per heavy atom. The van der Waals surface area contributed by atoms with Crippen LogP contribution in [0.25, 0.3) is 0 Å². The Morgan fingerprint density at radius 3 is 2.86 bits per heavy atom. The molecule has 0 aliphatic carbocycles. The second kappa shape index (κ2) is 8.02. The Labute approximate surface area is 133 Å². The lowest BCUT2D eigenvalue weighted by atomic mass is 10.1. The number of aliphatic hydroxyl groups is 1. The predicted molar refractivity (Wildman–Crippen MR) is 88.9 cm³/mol. The van der Waals surface area contributed by atoms with Crippen LogP contribution in [-0.4, -0.2) is 24.2 Å². The Balaban J connectivity index is 1.78. The number of aliphatic hydroxyl groups excluding tert-OH is 1. The molecule has 1 aromatic carbocycles. The second-order valence-electron chi connectivity index (χ2n) is 4.52. The minimum absolute atomic E-state index is 0.182. The highest BCUT2D eigenvalue weighted by Gasteiger charge is 2.10. The molecule has 0 fully saturated rings. The van der Waals surface area contributed by atoms with E-state index in [-0.39, 0.29) is 6.54 Å². The second-order valence-corrected chi connectivity index (χ2v) is 5.96. The first-order valence-electron chi connectivity index (χ1n) is 6.65. The van der Waals surface area contributed by atoms with E-state index < -0.39 is 6.10 Å². The molecule has 2 rings (SSSR count). The summed E-state index contributed by atoms with van der Waals surface area (Å²) in [6.45, 7) is 0.902. The van der Waals surface area contributed by atoms with Crippen LogP contribution in [0, 0.1) is 0 Å². The van der Waals surface area contributed by atoms with Crippen molar-refractivity contribution in [2.75, 3.05) is 13.1 Å². The van der Waals surface area contributed by atoms with Crippen molar-refractivity contribution in [1.82, 2.24) is 5.32 Å². The summed E-state index contributed by atoms with van der Waals surface area (Å²) in [5.41, 5.74) is 6.44. The van der Waals surface area contributed by atoms with Gasteiger partial charge in [-0.2, -0.15) is 0 Å². The van der Waals surface area contributed by atoms with Crippen molar-refractivity contribution >= 4 is 28.9 Å². The fraction of sp³-hybridized carbons (Fsp3) is 0.267. The molecule has 1 aromatic heterocycles. The molecule has 2 aromatic rings. The highest BCUT2D eigenvalue weighted by molar-refractivity contribution is 7.09. The molecular formula is C15H18ClN3OS. The van der Waals surface area contributed by atoms with Crippen LogP contribution < -0.4 is 11.1 Å². The van der Waals surface area contributed by atoms with Crippen molar-refractivity contribution < 1.29 is 5.11 Å². The average Bonchev–Trinajstić information content (AvgIpc) is 2.98. The van der Waals surface area contributed by atoms with Crippen molar-refractivity contribution in [1.29, 1.82) is 0 Å². The Bertz CT molecular complexity index is 586. The van der Waals surface area contributed by atoms with Crippen LogP contribution in [0.3, 0.4) is 0 Å². The van der Waals surface area contributed by atoms with Crippen LogP contribution in [0.1, 0.15) is 16.5 Å². The third-order valence-electron chi connectivity index (χ3n) is 2.96. The number of nitrogens with two attached hydrogens (primary N) is 1. The lowest BCUT2D eigenvalue weighted by molar-refractivity contribution is 0.187. The zero-order valence-electron chi connectivity index (χ0n) is 11.5. The summed E-state index contributed by atoms with van der Waals surface area (Å²) < 4.78 is 0. The zero-order chi connectivity index (χ0) is 15.1. The van der Waals surface area contributed by atoms with Gasteiger partial charge in [0.15, 0.2) is 5.96 Å². The zero-order valence-corrected chi connectivity index (χ0v) is 13.1. The smallest absolute Gasteiger partial charge is 0.188 e. The highest BCUT2D eigenvalue weighted by Crippen LogP contribution is 2.22. The molecule has 0 radical (unpaired) electrons. The maximum Gasteiger partial charge on any atom is 0.188 e. The fourth-order valence-electron chi connectivity index (χ4n) is 1.85. The van der Waals surface area contributed by atoms with Crippen LogP contribution in [0.4, 0.5) is 0 Å². The molecule has 0 aliphatic heterocycles. The van der Waals surface area contributed by atoms with E-state index in [2.05, 4.69) is 16.4 Å². The van der Waals surface area contributed by atoms with E-state index >= 15 is 0 Å². The third kappa shape index (κ3) is 5.04. The number of aliphatic imine (C=N–C) groups is 1. The summed E-state index contributed by atoms with van der Waals surface area (Å²) >= 11 is 7.74. The van der Waals surface area contributed by atoms with E-state index in [4.69, 9.17) is 17.3 Å². The summed E-state index contributed by atoms with van der Waals surface area (Å²) in [4.78, 5) is 5.44. The van der Waals surface area contributed by atoms with Crippen LogP contribution in [-0.2, 0) is 6.42 Å². The minimum atomic E-state index is -0.753. The Kier molecular flexibility index (Phi) is 6.04. The van der Waals surface area contributed by atoms with E-state index in [1.165, 1.54) is 4.88 Å². The summed E-state index contributed by atoms with van der Waals surface area (Å²) in [5.74, 6) is 0.331. The topological polar surface area (TPSA) is 70.6 Å². The summed E-state index contributed by atoms with van der Waals surface area (Å²) in [7, 11) is 0. The number of nitrogens with zero attached hydrogens (tertiary/aromatic N) is 1. The number of hydrogen-bond donors (Lipinski definition) is 3. The summed E-state index contributed by atoms with van der Waals surface area (Å²) in [5, 5.41) is 15.7. The summed E-state index contributed by atoms with van der Waals surface area (Å²) in [6.07, 6.45) is 0.150. The van der Waals surface area contributed by atoms with Crippen molar-refractivity contribution in [3.8, 4) is 0 Å². The van der Waals surface area contributed by atoms with Gasteiger partial charge in [0.1, 0.15) is 6.10 Å². The van der Waals surface area contributed by atoms with E-state index in [0.717, 1.165) is 13.0 Å². The third-order valence-corrected chi connectivity index (χ3v) is 4.24. The van der Waals surface area contributed by atoms with Gasteiger partial charge < -0.3 is 16.2 Å². The van der Waals surface area contributed by atoms with Crippen molar-refractivity contribution in [2.24, 2.45) is 10.7 Å². The number of rotatable bonds is 6. The standard InChI is InChI=1S/C15H18ClN3OS/c16-13-6-2-1-5-12(13)14(20)10-19-15(17)18-8-7-11-4-3-9-21-11/h1-6,9,14,20H,7-8,10H2,(H3,17,18,19). The van der Waals surface area contributed by atoms with E-state index in [1.54, 1.807) is 23.5 Å². The van der Waals surface area contributed by atoms with Gasteiger partial charge in [0.2, 0.25) is 0 Å². The summed E-state index contributed by atoms with van der Waals surface area (Å²) in [6, 6.07) is 11.3. The molecule has 4 nitrogen and oxygen atoms in total. The van der Waals surface area contributed by atoms with Crippen LogP contribution in [0.5, 0.6) is 0 Å². The first-order chi connectivity index (χ1) is 10.2. The molecule has 0 bridgehead atoms. The molecular weight excluding hydrogens is 306 g/mol. The van der Waals surface area contributed by atoms with Gasteiger partial charge in [0.05, 0.1) is 6.54 Å². The Hall–Kier alpha value is -1.56. The van der Waals surface area contributed by atoms with Gasteiger partial charge in [0.25, 0.3) is 0 Å². The van der Waals surface area contributed by atoms with Gasteiger partial charge in [-0.3, -0.25) is 4.99 Å². The van der Waals surface area contributed by atoms with E-state index in [1.807, 2.05) is 23.6 Å². The molecule has 21 heavy (non-hydrogen) atoms. The first kappa shape index (κ1) is 15.8.